The summed E-state index contributed by atoms with van der Waals surface area (Å²) in [5.41, 5.74) is 1.92. The van der Waals surface area contributed by atoms with Crippen molar-refractivity contribution in [1.82, 2.24) is 4.90 Å². The highest BCUT2D eigenvalue weighted by molar-refractivity contribution is 6.30. The lowest BCUT2D eigenvalue weighted by atomic mass is 9.72. The van der Waals surface area contributed by atoms with E-state index in [4.69, 9.17) is 11.6 Å². The number of piperidine rings is 1. The minimum Gasteiger partial charge on any atom is -0.302 e. The average Bonchev–Trinajstić information content (AvgIpc) is 2.41. The van der Waals surface area contributed by atoms with Crippen LogP contribution in [0.25, 0.3) is 0 Å². The molecule has 0 bridgehead atoms. The Kier molecular flexibility index (Phi) is 4.32. The van der Waals surface area contributed by atoms with Crippen LogP contribution in [0.15, 0.2) is 18.2 Å². The molecular weight excluding hydrogens is 258 g/mol. The SMILES string of the molecule is Cc1ccc(Cl)cc1C1(C=O)CCN(C(C)C)CC1. The van der Waals surface area contributed by atoms with Crippen LogP contribution in [-0.2, 0) is 10.2 Å². The zero-order valence-corrected chi connectivity index (χ0v) is 12.7. The van der Waals surface area contributed by atoms with Crippen LogP contribution < -0.4 is 0 Å². The Labute approximate surface area is 120 Å². The number of likely N-dealkylation sites (tertiary alicyclic amines) is 1. The lowest BCUT2D eigenvalue weighted by Crippen LogP contribution is -2.46. The minimum absolute atomic E-state index is 0.347. The number of nitrogens with zero attached hydrogens (tertiary/aromatic N) is 1. The molecule has 0 aliphatic carbocycles. The van der Waals surface area contributed by atoms with Gasteiger partial charge >= 0.3 is 0 Å². The quantitative estimate of drug-likeness (QED) is 0.788. The highest BCUT2D eigenvalue weighted by Gasteiger charge is 2.37. The first-order valence-corrected chi connectivity index (χ1v) is 7.33. The molecule has 0 atom stereocenters. The third-order valence-electron chi connectivity index (χ3n) is 4.38. The van der Waals surface area contributed by atoms with Gasteiger partial charge in [0.2, 0.25) is 0 Å². The number of hydrogen-bond acceptors (Lipinski definition) is 2. The van der Waals surface area contributed by atoms with Gasteiger partial charge in [-0.05, 0) is 70.0 Å². The van der Waals surface area contributed by atoms with Crippen molar-refractivity contribution in [3.63, 3.8) is 0 Å². The van der Waals surface area contributed by atoms with Gasteiger partial charge in [0.25, 0.3) is 0 Å². The fourth-order valence-corrected chi connectivity index (χ4v) is 3.19. The molecular formula is C16H22ClNO. The molecule has 0 amide bonds. The second kappa shape index (κ2) is 5.64. The molecule has 104 valence electrons. The number of carbonyl (C=O) groups is 1. The molecule has 0 saturated carbocycles. The Morgan fingerprint density at radius 2 is 1.95 bits per heavy atom. The van der Waals surface area contributed by atoms with Crippen LogP contribution in [0.1, 0.15) is 37.8 Å². The van der Waals surface area contributed by atoms with E-state index in [2.05, 4.69) is 25.7 Å². The number of aryl methyl sites for hydroxylation is 1. The predicted molar refractivity (Wildman–Crippen MR) is 79.9 cm³/mol. The molecule has 1 aliphatic heterocycles. The molecule has 1 aliphatic rings. The molecule has 3 heteroatoms. The first kappa shape index (κ1) is 14.5. The maximum atomic E-state index is 11.8. The average molecular weight is 280 g/mol. The summed E-state index contributed by atoms with van der Waals surface area (Å²) in [7, 11) is 0. The smallest absolute Gasteiger partial charge is 0.130 e. The molecule has 1 fully saturated rings. The van der Waals surface area contributed by atoms with Gasteiger partial charge in [0.1, 0.15) is 6.29 Å². The van der Waals surface area contributed by atoms with E-state index in [0.29, 0.717) is 11.1 Å². The highest BCUT2D eigenvalue weighted by atomic mass is 35.5. The van der Waals surface area contributed by atoms with Crippen LogP contribution in [-0.4, -0.2) is 30.3 Å². The van der Waals surface area contributed by atoms with E-state index in [1.807, 2.05) is 18.2 Å². The van der Waals surface area contributed by atoms with E-state index < -0.39 is 0 Å². The number of hydrogen-bond donors (Lipinski definition) is 0. The molecule has 0 spiro atoms. The lowest BCUT2D eigenvalue weighted by molar-refractivity contribution is -0.114. The lowest BCUT2D eigenvalue weighted by Gasteiger charge is -2.41. The standard InChI is InChI=1S/C16H22ClNO/c1-12(2)18-8-6-16(11-19,7-9-18)15-10-14(17)5-4-13(15)3/h4-5,10-12H,6-9H2,1-3H3. The summed E-state index contributed by atoms with van der Waals surface area (Å²) in [4.78, 5) is 14.2. The van der Waals surface area contributed by atoms with Crippen molar-refractivity contribution in [3.8, 4) is 0 Å². The Bertz CT molecular complexity index is 462. The van der Waals surface area contributed by atoms with Crippen molar-refractivity contribution in [2.45, 2.75) is 45.1 Å². The van der Waals surface area contributed by atoms with E-state index in [1.165, 1.54) is 0 Å². The van der Waals surface area contributed by atoms with E-state index in [-0.39, 0.29) is 5.41 Å². The van der Waals surface area contributed by atoms with Crippen molar-refractivity contribution in [2.75, 3.05) is 13.1 Å². The molecule has 1 aromatic carbocycles. The third kappa shape index (κ3) is 2.85. The number of aldehydes is 1. The van der Waals surface area contributed by atoms with Crippen LogP contribution in [0.5, 0.6) is 0 Å². The van der Waals surface area contributed by atoms with Gasteiger partial charge in [-0.1, -0.05) is 17.7 Å². The van der Waals surface area contributed by atoms with E-state index in [0.717, 1.165) is 43.3 Å². The van der Waals surface area contributed by atoms with E-state index in [1.54, 1.807) is 0 Å². The first-order valence-electron chi connectivity index (χ1n) is 6.95. The largest absolute Gasteiger partial charge is 0.302 e. The second-order valence-electron chi connectivity index (χ2n) is 5.86. The molecule has 0 unspecified atom stereocenters. The van der Waals surface area contributed by atoms with Crippen LogP contribution in [0.3, 0.4) is 0 Å². The van der Waals surface area contributed by atoms with Gasteiger partial charge in [0, 0.05) is 11.1 Å². The maximum absolute atomic E-state index is 11.8. The summed E-state index contributed by atoms with van der Waals surface area (Å²) in [6.07, 6.45) is 2.91. The van der Waals surface area contributed by atoms with Crippen molar-refractivity contribution < 1.29 is 4.79 Å². The van der Waals surface area contributed by atoms with Gasteiger partial charge < -0.3 is 9.69 Å². The molecule has 0 radical (unpaired) electrons. The summed E-state index contributed by atoms with van der Waals surface area (Å²) in [6.45, 7) is 8.42. The summed E-state index contributed by atoms with van der Waals surface area (Å²) >= 11 is 6.11. The van der Waals surface area contributed by atoms with Gasteiger partial charge in [-0.25, -0.2) is 0 Å². The van der Waals surface area contributed by atoms with Crippen LogP contribution >= 0.6 is 11.6 Å². The van der Waals surface area contributed by atoms with Gasteiger partial charge in [0.05, 0.1) is 5.41 Å². The van der Waals surface area contributed by atoms with Crippen LogP contribution in [0.4, 0.5) is 0 Å². The first-order chi connectivity index (χ1) is 8.98. The molecule has 0 N–H and O–H groups in total. The van der Waals surface area contributed by atoms with Gasteiger partial charge in [-0.2, -0.15) is 0 Å². The fraction of sp³-hybridized carbons (Fsp3) is 0.562. The normalized spacial score (nSPS) is 19.6. The fourth-order valence-electron chi connectivity index (χ4n) is 3.02. The molecule has 2 rings (SSSR count). The van der Waals surface area contributed by atoms with Gasteiger partial charge in [-0.15, -0.1) is 0 Å². The Morgan fingerprint density at radius 1 is 1.32 bits per heavy atom. The zero-order chi connectivity index (χ0) is 14.0. The summed E-state index contributed by atoms with van der Waals surface area (Å²) < 4.78 is 0. The molecule has 19 heavy (non-hydrogen) atoms. The maximum Gasteiger partial charge on any atom is 0.130 e. The Balaban J connectivity index is 2.30. The third-order valence-corrected chi connectivity index (χ3v) is 4.62. The van der Waals surface area contributed by atoms with Crippen LogP contribution in [0, 0.1) is 6.92 Å². The summed E-state index contributed by atoms with van der Waals surface area (Å²) in [5, 5.41) is 0.716. The molecule has 2 nitrogen and oxygen atoms in total. The van der Waals surface area contributed by atoms with Gasteiger partial charge in [-0.3, -0.25) is 0 Å². The van der Waals surface area contributed by atoms with E-state index in [9.17, 15) is 4.79 Å². The van der Waals surface area contributed by atoms with Crippen molar-refractivity contribution in [1.29, 1.82) is 0 Å². The zero-order valence-electron chi connectivity index (χ0n) is 11.9. The number of carbonyl (C=O) groups excluding carboxylic acids is 1. The molecule has 1 heterocycles. The second-order valence-corrected chi connectivity index (χ2v) is 6.30. The summed E-state index contributed by atoms with van der Waals surface area (Å²) in [6, 6.07) is 6.42. The number of benzene rings is 1. The van der Waals surface area contributed by atoms with Crippen molar-refractivity contribution in [2.24, 2.45) is 0 Å². The number of rotatable bonds is 3. The van der Waals surface area contributed by atoms with E-state index >= 15 is 0 Å². The van der Waals surface area contributed by atoms with Gasteiger partial charge in [0.15, 0.2) is 0 Å². The Morgan fingerprint density at radius 3 is 2.47 bits per heavy atom. The Hall–Kier alpha value is -0.860. The topological polar surface area (TPSA) is 20.3 Å². The number of halogens is 1. The molecule has 1 aromatic rings. The monoisotopic (exact) mass is 279 g/mol. The molecule has 1 saturated heterocycles. The van der Waals surface area contributed by atoms with Crippen LogP contribution in [0.2, 0.25) is 5.02 Å². The summed E-state index contributed by atoms with van der Waals surface area (Å²) in [5.74, 6) is 0. The molecule has 0 aromatic heterocycles. The minimum atomic E-state index is -0.347. The highest BCUT2D eigenvalue weighted by Crippen LogP contribution is 2.37. The van der Waals surface area contributed by atoms with Crippen molar-refractivity contribution >= 4 is 17.9 Å². The van der Waals surface area contributed by atoms with Crippen molar-refractivity contribution in [3.05, 3.63) is 34.3 Å². The predicted octanol–water partition coefficient (Wildman–Crippen LogP) is 3.59.